The lowest BCUT2D eigenvalue weighted by molar-refractivity contribution is -0.0422. The van der Waals surface area contributed by atoms with Gasteiger partial charge in [-0.15, -0.1) is 0 Å². The van der Waals surface area contributed by atoms with E-state index in [1.807, 2.05) is 11.8 Å². The highest BCUT2D eigenvalue weighted by Crippen LogP contribution is 2.24. The van der Waals surface area contributed by atoms with Crippen LogP contribution in [-0.4, -0.2) is 55.1 Å². The molecule has 1 aliphatic heterocycles. The second-order valence-corrected chi connectivity index (χ2v) is 4.76. The van der Waals surface area contributed by atoms with Gasteiger partial charge >= 0.3 is 5.97 Å². The van der Waals surface area contributed by atoms with Crippen molar-refractivity contribution in [3.05, 3.63) is 17.8 Å². The van der Waals surface area contributed by atoms with E-state index in [1.165, 1.54) is 13.2 Å². The monoisotopic (exact) mass is 281 g/mol. The van der Waals surface area contributed by atoms with Gasteiger partial charge in [0.1, 0.15) is 0 Å². The Labute approximate surface area is 117 Å². The topological polar surface area (TPSA) is 97.9 Å². The number of carbonyl (C=O) groups excluding carboxylic acids is 1. The molecule has 2 atom stereocenters. The number of methoxy groups -OCH3 is 1. The molecular formula is C13H19N3O4. The Bertz CT molecular complexity index is 495. The molecule has 0 saturated carbocycles. The average Bonchev–Trinajstić information content (AvgIpc) is 2.46. The molecule has 1 fully saturated rings. The molecule has 0 bridgehead atoms. The number of esters is 1. The molecule has 1 aliphatic rings. The lowest BCUT2D eigenvalue weighted by atomic mass is 10.2. The van der Waals surface area contributed by atoms with E-state index in [4.69, 9.17) is 10.5 Å². The summed E-state index contributed by atoms with van der Waals surface area (Å²) < 4.78 is 10.2. The van der Waals surface area contributed by atoms with Gasteiger partial charge in [0.25, 0.3) is 0 Å². The van der Waals surface area contributed by atoms with Gasteiger partial charge in [0.2, 0.25) is 0 Å². The molecular weight excluding hydrogens is 262 g/mol. The van der Waals surface area contributed by atoms with E-state index in [2.05, 4.69) is 9.72 Å². The van der Waals surface area contributed by atoms with E-state index >= 15 is 0 Å². The van der Waals surface area contributed by atoms with Crippen LogP contribution in [0.25, 0.3) is 0 Å². The predicted octanol–water partition coefficient (Wildman–Crippen LogP) is 0.0364. The number of hydrogen-bond donors (Lipinski definition) is 2. The van der Waals surface area contributed by atoms with Crippen LogP contribution in [0.5, 0.6) is 0 Å². The number of aromatic nitrogens is 1. The third kappa shape index (κ3) is 3.00. The number of anilines is 2. The molecule has 0 radical (unpaired) electrons. The standard InChI is InChI=1S/C13H19N3O4/c1-8-5-16(6-9(7-17)20-8)12-10(14)3-4-11(15-12)13(18)19-2/h3-4,8-9,17H,5-7,14H2,1-2H3. The summed E-state index contributed by atoms with van der Waals surface area (Å²) in [6, 6.07) is 3.15. The molecule has 3 N–H and O–H groups in total. The van der Waals surface area contributed by atoms with Crippen molar-refractivity contribution in [3.8, 4) is 0 Å². The van der Waals surface area contributed by atoms with Gasteiger partial charge in [-0.05, 0) is 19.1 Å². The number of carbonyl (C=O) groups is 1. The maximum atomic E-state index is 11.5. The van der Waals surface area contributed by atoms with Crippen molar-refractivity contribution in [3.63, 3.8) is 0 Å². The largest absolute Gasteiger partial charge is 0.464 e. The number of rotatable bonds is 3. The minimum atomic E-state index is -0.508. The molecule has 0 aliphatic carbocycles. The van der Waals surface area contributed by atoms with Gasteiger partial charge in [-0.25, -0.2) is 9.78 Å². The molecule has 2 heterocycles. The van der Waals surface area contributed by atoms with E-state index in [-0.39, 0.29) is 24.5 Å². The summed E-state index contributed by atoms with van der Waals surface area (Å²) in [7, 11) is 1.30. The molecule has 7 heteroatoms. The second kappa shape index (κ2) is 6.06. The fourth-order valence-electron chi connectivity index (χ4n) is 2.25. The van der Waals surface area contributed by atoms with Gasteiger partial charge < -0.3 is 25.2 Å². The summed E-state index contributed by atoms with van der Waals surface area (Å²) in [6.45, 7) is 2.91. The highest BCUT2D eigenvalue weighted by Gasteiger charge is 2.27. The zero-order valence-corrected chi connectivity index (χ0v) is 11.6. The Balaban J connectivity index is 2.28. The van der Waals surface area contributed by atoms with E-state index < -0.39 is 5.97 Å². The van der Waals surface area contributed by atoms with Crippen molar-refractivity contribution in [2.75, 3.05) is 37.4 Å². The van der Waals surface area contributed by atoms with Crippen molar-refractivity contribution in [2.24, 2.45) is 0 Å². The Kier molecular flexibility index (Phi) is 4.41. The first-order chi connectivity index (χ1) is 9.55. The average molecular weight is 281 g/mol. The van der Waals surface area contributed by atoms with Gasteiger partial charge in [0.05, 0.1) is 31.6 Å². The molecule has 0 aromatic carbocycles. The Morgan fingerprint density at radius 1 is 1.60 bits per heavy atom. The van der Waals surface area contributed by atoms with Crippen LogP contribution in [0.4, 0.5) is 11.5 Å². The van der Waals surface area contributed by atoms with Crippen molar-refractivity contribution < 1.29 is 19.4 Å². The molecule has 1 aromatic heterocycles. The van der Waals surface area contributed by atoms with Crippen LogP contribution >= 0.6 is 0 Å². The minimum Gasteiger partial charge on any atom is -0.464 e. The first-order valence-electron chi connectivity index (χ1n) is 6.41. The number of nitrogens with zero attached hydrogens (tertiary/aromatic N) is 2. The van der Waals surface area contributed by atoms with Gasteiger partial charge in [-0.1, -0.05) is 0 Å². The quantitative estimate of drug-likeness (QED) is 0.755. The lowest BCUT2D eigenvalue weighted by Crippen LogP contribution is -2.48. The Hall–Kier alpha value is -1.86. The normalized spacial score (nSPS) is 22.6. The molecule has 7 nitrogen and oxygen atoms in total. The summed E-state index contributed by atoms with van der Waals surface area (Å²) in [5, 5.41) is 9.25. The van der Waals surface area contributed by atoms with Gasteiger partial charge in [0, 0.05) is 13.1 Å². The number of ether oxygens (including phenoxy) is 2. The first kappa shape index (κ1) is 14.5. The number of hydrogen-bond acceptors (Lipinski definition) is 7. The number of aliphatic hydroxyl groups is 1. The number of morpholine rings is 1. The smallest absolute Gasteiger partial charge is 0.356 e. The third-order valence-electron chi connectivity index (χ3n) is 3.13. The third-order valence-corrected chi connectivity index (χ3v) is 3.13. The van der Waals surface area contributed by atoms with Gasteiger partial charge in [-0.3, -0.25) is 0 Å². The maximum absolute atomic E-state index is 11.5. The molecule has 1 aromatic rings. The van der Waals surface area contributed by atoms with Gasteiger partial charge in [0.15, 0.2) is 11.5 Å². The van der Waals surface area contributed by atoms with Crippen LogP contribution < -0.4 is 10.6 Å². The maximum Gasteiger partial charge on any atom is 0.356 e. The number of nitrogen functional groups attached to an aromatic ring is 1. The number of aliphatic hydroxyl groups excluding tert-OH is 1. The lowest BCUT2D eigenvalue weighted by Gasteiger charge is -2.37. The molecule has 0 spiro atoms. The van der Waals surface area contributed by atoms with E-state index in [0.717, 1.165) is 0 Å². The zero-order chi connectivity index (χ0) is 14.7. The van der Waals surface area contributed by atoms with Crippen molar-refractivity contribution >= 4 is 17.5 Å². The summed E-state index contributed by atoms with van der Waals surface area (Å²) in [5.41, 5.74) is 6.62. The van der Waals surface area contributed by atoms with E-state index in [0.29, 0.717) is 24.6 Å². The summed E-state index contributed by atoms with van der Waals surface area (Å²) in [6.07, 6.45) is -0.342. The minimum absolute atomic E-state index is 0.0520. The molecule has 0 amide bonds. The van der Waals surface area contributed by atoms with Crippen LogP contribution in [0.15, 0.2) is 12.1 Å². The molecule has 110 valence electrons. The molecule has 2 rings (SSSR count). The van der Waals surface area contributed by atoms with Crippen LogP contribution in [0, 0.1) is 0 Å². The second-order valence-electron chi connectivity index (χ2n) is 4.76. The van der Waals surface area contributed by atoms with Crippen molar-refractivity contribution in [1.29, 1.82) is 0 Å². The van der Waals surface area contributed by atoms with Crippen molar-refractivity contribution in [1.82, 2.24) is 4.98 Å². The summed E-state index contributed by atoms with van der Waals surface area (Å²) in [4.78, 5) is 17.7. The predicted molar refractivity (Wildman–Crippen MR) is 73.6 cm³/mol. The Morgan fingerprint density at radius 3 is 3.00 bits per heavy atom. The first-order valence-corrected chi connectivity index (χ1v) is 6.41. The zero-order valence-electron chi connectivity index (χ0n) is 11.6. The SMILES string of the molecule is COC(=O)c1ccc(N)c(N2CC(C)OC(CO)C2)n1. The van der Waals surface area contributed by atoms with Crippen molar-refractivity contribution in [2.45, 2.75) is 19.1 Å². The van der Waals surface area contributed by atoms with Gasteiger partial charge in [-0.2, -0.15) is 0 Å². The molecule has 20 heavy (non-hydrogen) atoms. The highest BCUT2D eigenvalue weighted by molar-refractivity contribution is 5.88. The summed E-state index contributed by atoms with van der Waals surface area (Å²) >= 11 is 0. The fourth-order valence-corrected chi connectivity index (χ4v) is 2.25. The number of nitrogens with two attached hydrogens (primary N) is 1. The van der Waals surface area contributed by atoms with Crippen LogP contribution in [-0.2, 0) is 9.47 Å². The molecule has 2 unspecified atom stereocenters. The van der Waals surface area contributed by atoms with Crippen LogP contribution in [0.1, 0.15) is 17.4 Å². The Morgan fingerprint density at radius 2 is 2.35 bits per heavy atom. The van der Waals surface area contributed by atoms with Crippen LogP contribution in [0.3, 0.4) is 0 Å². The fraction of sp³-hybridized carbons (Fsp3) is 0.538. The van der Waals surface area contributed by atoms with Crippen LogP contribution in [0.2, 0.25) is 0 Å². The number of pyridine rings is 1. The highest BCUT2D eigenvalue weighted by atomic mass is 16.5. The van der Waals surface area contributed by atoms with E-state index in [9.17, 15) is 9.90 Å². The summed E-state index contributed by atoms with van der Waals surface area (Å²) in [5.74, 6) is 0.00719. The molecule has 1 saturated heterocycles. The van der Waals surface area contributed by atoms with E-state index in [1.54, 1.807) is 6.07 Å².